The number of nitrogens with two attached hydrogens (primary N) is 1. The second-order valence-electron chi connectivity index (χ2n) is 4.18. The predicted molar refractivity (Wildman–Crippen MR) is 62.9 cm³/mol. The number of carbonyl (C=O) groups excluding carboxylic acids is 1. The minimum absolute atomic E-state index is 0.181. The summed E-state index contributed by atoms with van der Waals surface area (Å²) in [4.78, 5) is 11.6. The summed E-state index contributed by atoms with van der Waals surface area (Å²) in [6, 6.07) is 4.46. The fourth-order valence-electron chi connectivity index (χ4n) is 1.47. The summed E-state index contributed by atoms with van der Waals surface area (Å²) in [7, 11) is 0. The van der Waals surface area contributed by atoms with Crippen molar-refractivity contribution in [1.29, 1.82) is 0 Å². The van der Waals surface area contributed by atoms with Crippen LogP contribution in [0.5, 0.6) is 5.75 Å². The van der Waals surface area contributed by atoms with E-state index in [4.69, 9.17) is 10.6 Å². The zero-order valence-electron chi connectivity index (χ0n) is 10.2. The molecule has 1 aromatic rings. The van der Waals surface area contributed by atoms with Crippen molar-refractivity contribution in [1.82, 2.24) is 5.43 Å². The molecule has 1 rings (SSSR count). The van der Waals surface area contributed by atoms with Crippen molar-refractivity contribution < 1.29 is 13.9 Å². The molecule has 0 aliphatic rings. The van der Waals surface area contributed by atoms with Crippen LogP contribution in [0.2, 0.25) is 0 Å². The minimum Gasteiger partial charge on any atom is -0.491 e. The topological polar surface area (TPSA) is 64.3 Å². The van der Waals surface area contributed by atoms with E-state index in [9.17, 15) is 9.18 Å². The molecule has 1 amide bonds. The maximum absolute atomic E-state index is 13.6. The van der Waals surface area contributed by atoms with Crippen LogP contribution in [0.1, 0.15) is 26.3 Å². The van der Waals surface area contributed by atoms with Gasteiger partial charge in [0.25, 0.3) is 0 Å². The Bertz CT molecular complexity index is 419. The molecule has 1 aromatic carbocycles. The number of ether oxygens (including phenoxy) is 1. The second-order valence-corrected chi connectivity index (χ2v) is 4.18. The lowest BCUT2D eigenvalue weighted by Gasteiger charge is -2.23. The van der Waals surface area contributed by atoms with Crippen molar-refractivity contribution in [3.05, 3.63) is 29.6 Å². The van der Waals surface area contributed by atoms with Gasteiger partial charge >= 0.3 is 0 Å². The van der Waals surface area contributed by atoms with E-state index in [1.807, 2.05) is 0 Å². The summed E-state index contributed by atoms with van der Waals surface area (Å²) < 4.78 is 18.7. The van der Waals surface area contributed by atoms with Gasteiger partial charge in [0.1, 0.15) is 0 Å². The van der Waals surface area contributed by atoms with Crippen LogP contribution in [0.3, 0.4) is 0 Å². The van der Waals surface area contributed by atoms with Gasteiger partial charge in [-0.2, -0.15) is 0 Å². The molecular formula is C12H17FN2O2. The lowest BCUT2D eigenvalue weighted by molar-refractivity contribution is -0.125. The number of hydrazine groups is 1. The maximum Gasteiger partial charge on any atom is 0.243 e. The molecule has 3 N–H and O–H groups in total. The van der Waals surface area contributed by atoms with Gasteiger partial charge < -0.3 is 4.74 Å². The monoisotopic (exact) mass is 240 g/mol. The average molecular weight is 240 g/mol. The molecule has 0 aliphatic carbocycles. The molecule has 0 saturated carbocycles. The number of nitrogens with one attached hydrogen (secondary N) is 1. The molecular weight excluding hydrogens is 223 g/mol. The summed E-state index contributed by atoms with van der Waals surface area (Å²) in [5, 5.41) is 0. The number of rotatable bonds is 4. The lowest BCUT2D eigenvalue weighted by atomic mass is 9.84. The van der Waals surface area contributed by atoms with Gasteiger partial charge in [0.05, 0.1) is 12.0 Å². The van der Waals surface area contributed by atoms with Crippen molar-refractivity contribution in [3.63, 3.8) is 0 Å². The first-order valence-electron chi connectivity index (χ1n) is 5.37. The van der Waals surface area contributed by atoms with E-state index < -0.39 is 11.2 Å². The summed E-state index contributed by atoms with van der Waals surface area (Å²) in [5.41, 5.74) is 1.72. The van der Waals surface area contributed by atoms with Crippen molar-refractivity contribution in [2.45, 2.75) is 26.2 Å². The van der Waals surface area contributed by atoms with Crippen LogP contribution in [0, 0.1) is 5.82 Å². The third-order valence-corrected chi connectivity index (χ3v) is 2.65. The highest BCUT2D eigenvalue weighted by Crippen LogP contribution is 2.27. The van der Waals surface area contributed by atoms with Crippen LogP contribution >= 0.6 is 0 Å². The fourth-order valence-corrected chi connectivity index (χ4v) is 1.47. The molecule has 4 nitrogen and oxygen atoms in total. The summed E-state index contributed by atoms with van der Waals surface area (Å²) >= 11 is 0. The highest BCUT2D eigenvalue weighted by molar-refractivity contribution is 5.86. The van der Waals surface area contributed by atoms with E-state index in [1.54, 1.807) is 26.8 Å². The predicted octanol–water partition coefficient (Wildman–Crippen LogP) is 1.49. The summed E-state index contributed by atoms with van der Waals surface area (Å²) in [6.07, 6.45) is 0. The molecule has 17 heavy (non-hydrogen) atoms. The lowest BCUT2D eigenvalue weighted by Crippen LogP contribution is -2.43. The number of hydrogen-bond donors (Lipinski definition) is 2. The first kappa shape index (κ1) is 13.4. The molecule has 94 valence electrons. The zero-order chi connectivity index (χ0) is 13.1. The third kappa shape index (κ3) is 2.74. The molecule has 0 spiro atoms. The standard InChI is InChI=1S/C12H17FN2O2/c1-4-17-10-6-5-8(7-9(10)13)12(2,3)11(16)15-14/h5-7H,4,14H2,1-3H3,(H,15,16). The van der Waals surface area contributed by atoms with Gasteiger partial charge in [0.2, 0.25) is 5.91 Å². The SMILES string of the molecule is CCOc1ccc(C(C)(C)C(=O)NN)cc1F. The van der Waals surface area contributed by atoms with Gasteiger partial charge in [-0.3, -0.25) is 10.2 Å². The third-order valence-electron chi connectivity index (χ3n) is 2.65. The minimum atomic E-state index is -0.889. The number of benzene rings is 1. The summed E-state index contributed by atoms with van der Waals surface area (Å²) in [6.45, 7) is 5.51. The first-order valence-corrected chi connectivity index (χ1v) is 5.37. The van der Waals surface area contributed by atoms with Gasteiger partial charge in [-0.05, 0) is 38.5 Å². The van der Waals surface area contributed by atoms with Crippen molar-refractivity contribution in [2.75, 3.05) is 6.61 Å². The smallest absolute Gasteiger partial charge is 0.243 e. The Hall–Kier alpha value is -1.62. The molecule has 5 heteroatoms. The zero-order valence-corrected chi connectivity index (χ0v) is 10.2. The molecule has 0 bridgehead atoms. The van der Waals surface area contributed by atoms with Crippen LogP contribution in [0.25, 0.3) is 0 Å². The normalized spacial score (nSPS) is 11.1. The highest BCUT2D eigenvalue weighted by Gasteiger charge is 2.29. The second kappa shape index (κ2) is 5.14. The Labute approximate surface area is 99.9 Å². The Morgan fingerprint density at radius 1 is 1.53 bits per heavy atom. The number of carbonyl (C=O) groups is 1. The number of halogens is 1. The summed E-state index contributed by atoms with van der Waals surface area (Å²) in [5.74, 6) is 4.42. The van der Waals surface area contributed by atoms with Crippen molar-refractivity contribution in [2.24, 2.45) is 5.84 Å². The molecule has 0 aliphatic heterocycles. The van der Waals surface area contributed by atoms with Gasteiger partial charge in [-0.15, -0.1) is 0 Å². The van der Waals surface area contributed by atoms with Crippen LogP contribution in [-0.2, 0) is 10.2 Å². The molecule has 0 heterocycles. The van der Waals surface area contributed by atoms with Crippen LogP contribution in [0.4, 0.5) is 4.39 Å². The van der Waals surface area contributed by atoms with Crippen LogP contribution in [0.15, 0.2) is 18.2 Å². The largest absolute Gasteiger partial charge is 0.491 e. The van der Waals surface area contributed by atoms with Crippen molar-refractivity contribution >= 4 is 5.91 Å². The number of amides is 1. The van der Waals surface area contributed by atoms with E-state index in [2.05, 4.69) is 5.43 Å². The van der Waals surface area contributed by atoms with Crippen molar-refractivity contribution in [3.8, 4) is 5.75 Å². The van der Waals surface area contributed by atoms with Gasteiger partial charge in [0.15, 0.2) is 11.6 Å². The molecule has 0 aromatic heterocycles. The van der Waals surface area contributed by atoms with Gasteiger partial charge in [-0.25, -0.2) is 10.2 Å². The molecule has 0 unspecified atom stereocenters. The van der Waals surface area contributed by atoms with E-state index in [0.29, 0.717) is 12.2 Å². The molecule has 0 radical (unpaired) electrons. The van der Waals surface area contributed by atoms with E-state index in [-0.39, 0.29) is 11.7 Å². The fraction of sp³-hybridized carbons (Fsp3) is 0.417. The average Bonchev–Trinajstić information content (AvgIpc) is 2.30. The van der Waals surface area contributed by atoms with Crippen LogP contribution in [-0.4, -0.2) is 12.5 Å². The molecule has 0 saturated heterocycles. The maximum atomic E-state index is 13.6. The Balaban J connectivity index is 3.08. The van der Waals surface area contributed by atoms with E-state index >= 15 is 0 Å². The Morgan fingerprint density at radius 2 is 2.18 bits per heavy atom. The van der Waals surface area contributed by atoms with E-state index in [0.717, 1.165) is 0 Å². The highest BCUT2D eigenvalue weighted by atomic mass is 19.1. The molecule has 0 atom stereocenters. The van der Waals surface area contributed by atoms with Gasteiger partial charge in [0, 0.05) is 0 Å². The Kier molecular flexibility index (Phi) is 4.07. The molecule has 0 fully saturated rings. The van der Waals surface area contributed by atoms with E-state index in [1.165, 1.54) is 12.1 Å². The first-order chi connectivity index (χ1) is 7.93. The number of hydrogen-bond acceptors (Lipinski definition) is 3. The van der Waals surface area contributed by atoms with Crippen LogP contribution < -0.4 is 16.0 Å². The van der Waals surface area contributed by atoms with Gasteiger partial charge in [-0.1, -0.05) is 6.07 Å². The quantitative estimate of drug-likeness (QED) is 0.476. The Morgan fingerprint density at radius 3 is 2.65 bits per heavy atom.